The highest BCUT2D eigenvalue weighted by atomic mass is 35.5. The van der Waals surface area contributed by atoms with Gasteiger partial charge in [-0.2, -0.15) is 10.4 Å². The third kappa shape index (κ3) is 4.12. The number of pyridine rings is 3. The number of aromatic nitrogens is 5. The first-order valence-corrected chi connectivity index (χ1v) is 11.5. The number of carboxylic acid groups (broad SMARTS) is 1. The van der Waals surface area contributed by atoms with Crippen molar-refractivity contribution in [1.29, 1.82) is 5.26 Å². The molecule has 11 nitrogen and oxygen atoms in total. The van der Waals surface area contributed by atoms with E-state index in [1.165, 1.54) is 23.0 Å². The van der Waals surface area contributed by atoms with Crippen LogP contribution < -0.4 is 15.1 Å². The van der Waals surface area contributed by atoms with Crippen LogP contribution in [-0.4, -0.2) is 54.6 Å². The molecule has 5 rings (SSSR count). The monoisotopic (exact) mass is 505 g/mol. The molecule has 1 aliphatic rings. The van der Waals surface area contributed by atoms with Crippen molar-refractivity contribution in [1.82, 2.24) is 24.3 Å². The molecule has 1 N–H and O–H groups in total. The average Bonchev–Trinajstić information content (AvgIpc) is 3.51. The Labute approximate surface area is 209 Å². The van der Waals surface area contributed by atoms with Gasteiger partial charge in [-0.3, -0.25) is 14.0 Å². The molecule has 1 atom stereocenters. The molecule has 5 heterocycles. The number of hydrogen-bond acceptors (Lipinski definition) is 8. The normalized spacial score (nSPS) is 15.2. The maximum absolute atomic E-state index is 13.0. The highest BCUT2D eigenvalue weighted by Gasteiger charge is 2.30. The smallest absolute Gasteiger partial charge is 0.341 e. The second-order valence-corrected chi connectivity index (χ2v) is 8.76. The topological polar surface area (TPSA) is 139 Å². The van der Waals surface area contributed by atoms with Crippen molar-refractivity contribution in [3.63, 3.8) is 0 Å². The van der Waals surface area contributed by atoms with Gasteiger partial charge in [0, 0.05) is 32.2 Å². The Kier molecular flexibility index (Phi) is 6.03. The van der Waals surface area contributed by atoms with Gasteiger partial charge in [-0.15, -0.1) is 0 Å². The van der Waals surface area contributed by atoms with E-state index in [1.807, 2.05) is 4.90 Å². The molecular formula is C24H20ClN7O4. The average molecular weight is 506 g/mol. The van der Waals surface area contributed by atoms with Gasteiger partial charge in [0.15, 0.2) is 5.65 Å². The number of rotatable bonds is 6. The standard InChI is InChI=1S/C24H20ClN7O4/c1-30-11-16(10-28-30)32-12-18(24(34)35)20(33)17-8-14(9-26)21(29-22(17)32)31-7-3-4-15(31)13-36-23-19(25)5-2-6-27-23/h2,5-6,8,10-12,15H,3-4,7,13H2,1H3,(H,34,35)/t15-/m0/s1. The van der Waals surface area contributed by atoms with Crippen LogP contribution >= 0.6 is 11.6 Å². The molecule has 12 heteroatoms. The van der Waals surface area contributed by atoms with E-state index in [9.17, 15) is 20.0 Å². The number of aromatic carboxylic acids is 1. The van der Waals surface area contributed by atoms with Gasteiger partial charge in [-0.1, -0.05) is 11.6 Å². The highest BCUT2D eigenvalue weighted by Crippen LogP contribution is 2.30. The number of fused-ring (bicyclic) bond motifs is 1. The molecule has 0 saturated carbocycles. The summed E-state index contributed by atoms with van der Waals surface area (Å²) in [5.41, 5.74) is -0.211. The molecule has 0 aromatic carbocycles. The molecule has 36 heavy (non-hydrogen) atoms. The molecule has 0 aliphatic carbocycles. The van der Waals surface area contributed by atoms with Crippen LogP contribution in [0.3, 0.4) is 0 Å². The van der Waals surface area contributed by atoms with Crippen LogP contribution in [0.5, 0.6) is 5.88 Å². The van der Waals surface area contributed by atoms with Crippen LogP contribution in [0.1, 0.15) is 28.8 Å². The van der Waals surface area contributed by atoms with E-state index in [-0.39, 0.29) is 29.2 Å². The Balaban J connectivity index is 1.62. The Morgan fingerprint density at radius 3 is 2.92 bits per heavy atom. The van der Waals surface area contributed by atoms with Crippen molar-refractivity contribution >= 4 is 34.4 Å². The van der Waals surface area contributed by atoms with E-state index >= 15 is 0 Å². The molecule has 0 unspecified atom stereocenters. The third-order valence-electron chi connectivity index (χ3n) is 6.06. The van der Waals surface area contributed by atoms with Crippen molar-refractivity contribution in [3.8, 4) is 17.6 Å². The summed E-state index contributed by atoms with van der Waals surface area (Å²) in [5.74, 6) is -0.653. The summed E-state index contributed by atoms with van der Waals surface area (Å²) in [5, 5.41) is 24.1. The number of carboxylic acids is 1. The summed E-state index contributed by atoms with van der Waals surface area (Å²) < 4.78 is 8.93. The summed E-state index contributed by atoms with van der Waals surface area (Å²) in [6, 6.07) is 6.82. The zero-order valence-electron chi connectivity index (χ0n) is 19.1. The van der Waals surface area contributed by atoms with Crippen LogP contribution in [0.15, 0.2) is 47.8 Å². The van der Waals surface area contributed by atoms with Gasteiger partial charge in [0.05, 0.1) is 28.9 Å². The molecule has 4 aromatic heterocycles. The zero-order valence-corrected chi connectivity index (χ0v) is 19.9. The molecule has 0 radical (unpaired) electrons. The Morgan fingerprint density at radius 2 is 2.22 bits per heavy atom. The minimum absolute atomic E-state index is 0.0336. The second kappa shape index (κ2) is 9.31. The number of nitriles is 1. The number of anilines is 1. The number of aryl methyl sites for hydroxylation is 1. The second-order valence-electron chi connectivity index (χ2n) is 8.35. The number of nitrogens with zero attached hydrogens (tertiary/aromatic N) is 7. The fraction of sp³-hybridized carbons (Fsp3) is 0.250. The van der Waals surface area contributed by atoms with E-state index in [2.05, 4.69) is 16.2 Å². The maximum atomic E-state index is 13.0. The van der Waals surface area contributed by atoms with E-state index in [4.69, 9.17) is 21.3 Å². The molecule has 4 aromatic rings. The molecule has 0 spiro atoms. The first kappa shape index (κ1) is 23.3. The first-order valence-electron chi connectivity index (χ1n) is 11.1. The lowest BCUT2D eigenvalue weighted by molar-refractivity contribution is 0.0695. The summed E-state index contributed by atoms with van der Waals surface area (Å²) in [4.78, 5) is 35.6. The van der Waals surface area contributed by atoms with Crippen molar-refractivity contribution < 1.29 is 14.6 Å². The van der Waals surface area contributed by atoms with Crippen LogP contribution in [0.25, 0.3) is 16.7 Å². The molecular weight excluding hydrogens is 486 g/mol. The predicted molar refractivity (Wildman–Crippen MR) is 131 cm³/mol. The fourth-order valence-corrected chi connectivity index (χ4v) is 4.54. The Hall–Kier alpha value is -4.43. The first-order chi connectivity index (χ1) is 17.4. The van der Waals surface area contributed by atoms with Gasteiger partial charge < -0.3 is 14.7 Å². The Bertz CT molecular complexity index is 1590. The quantitative estimate of drug-likeness (QED) is 0.419. The molecule has 0 bridgehead atoms. The summed E-state index contributed by atoms with van der Waals surface area (Å²) in [6.45, 7) is 0.899. The van der Waals surface area contributed by atoms with Crippen LogP contribution in [0.4, 0.5) is 5.82 Å². The highest BCUT2D eigenvalue weighted by molar-refractivity contribution is 6.31. The number of ether oxygens (including phenoxy) is 1. The number of carbonyl (C=O) groups is 1. The SMILES string of the molecule is Cn1cc(-n2cc(C(=O)O)c(=O)c3cc(C#N)c(N4CCC[C@H]4COc4ncccc4Cl)nc32)cn1. The molecule has 182 valence electrons. The van der Waals surface area contributed by atoms with Crippen molar-refractivity contribution in [2.45, 2.75) is 18.9 Å². The number of hydrogen-bond donors (Lipinski definition) is 1. The van der Waals surface area contributed by atoms with Gasteiger partial charge in [-0.25, -0.2) is 14.8 Å². The maximum Gasteiger partial charge on any atom is 0.341 e. The van der Waals surface area contributed by atoms with Gasteiger partial charge in [0.2, 0.25) is 11.3 Å². The predicted octanol–water partition coefficient (Wildman–Crippen LogP) is 2.79. The molecule has 1 fully saturated rings. The van der Waals surface area contributed by atoms with Crippen molar-refractivity contribution in [2.75, 3.05) is 18.1 Å². The largest absolute Gasteiger partial charge is 0.477 e. The van der Waals surface area contributed by atoms with Crippen LogP contribution in [-0.2, 0) is 7.05 Å². The van der Waals surface area contributed by atoms with E-state index in [1.54, 1.807) is 36.3 Å². The minimum Gasteiger partial charge on any atom is -0.477 e. The van der Waals surface area contributed by atoms with Gasteiger partial charge in [0.25, 0.3) is 0 Å². The number of halogens is 1. The fourth-order valence-electron chi connectivity index (χ4n) is 4.36. The summed E-state index contributed by atoms with van der Waals surface area (Å²) >= 11 is 6.17. The van der Waals surface area contributed by atoms with Gasteiger partial charge >= 0.3 is 5.97 Å². The van der Waals surface area contributed by atoms with E-state index in [0.717, 1.165) is 12.8 Å². The van der Waals surface area contributed by atoms with Crippen molar-refractivity contribution in [2.24, 2.45) is 7.05 Å². The van der Waals surface area contributed by atoms with Crippen molar-refractivity contribution in [3.05, 3.63) is 69.4 Å². The van der Waals surface area contributed by atoms with E-state index in [0.29, 0.717) is 29.0 Å². The summed E-state index contributed by atoms with van der Waals surface area (Å²) in [7, 11) is 1.72. The van der Waals surface area contributed by atoms with Crippen LogP contribution in [0.2, 0.25) is 5.02 Å². The minimum atomic E-state index is -1.37. The Morgan fingerprint density at radius 1 is 1.39 bits per heavy atom. The molecule has 1 saturated heterocycles. The van der Waals surface area contributed by atoms with Gasteiger partial charge in [-0.05, 0) is 31.0 Å². The van der Waals surface area contributed by atoms with E-state index < -0.39 is 17.0 Å². The summed E-state index contributed by atoms with van der Waals surface area (Å²) in [6.07, 6.45) is 7.69. The van der Waals surface area contributed by atoms with Gasteiger partial charge in [0.1, 0.15) is 29.1 Å². The molecule has 1 aliphatic heterocycles. The lowest BCUT2D eigenvalue weighted by Gasteiger charge is -2.27. The lowest BCUT2D eigenvalue weighted by atomic mass is 10.1. The zero-order chi connectivity index (χ0) is 25.4. The third-order valence-corrected chi connectivity index (χ3v) is 6.35. The lowest BCUT2D eigenvalue weighted by Crippen LogP contribution is -2.35. The van der Waals surface area contributed by atoms with Crippen LogP contribution in [0, 0.1) is 11.3 Å². The molecule has 0 amide bonds.